The molecule has 1 atom stereocenters. The van der Waals surface area contributed by atoms with Gasteiger partial charge in [-0.2, -0.15) is 0 Å². The van der Waals surface area contributed by atoms with Gasteiger partial charge in [-0.1, -0.05) is 0 Å². The van der Waals surface area contributed by atoms with Gasteiger partial charge in [-0.15, -0.1) is 11.3 Å². The Morgan fingerprint density at radius 1 is 1.72 bits per heavy atom. The van der Waals surface area contributed by atoms with Crippen LogP contribution in [0.5, 0.6) is 0 Å². The number of hydrogen-bond donors (Lipinski definition) is 2. The molecule has 1 unspecified atom stereocenters. The molecule has 1 fully saturated rings. The molecule has 1 aromatic rings. The van der Waals surface area contributed by atoms with E-state index in [4.69, 9.17) is 5.11 Å². The molecule has 0 spiro atoms. The number of piperazine rings is 1. The van der Waals surface area contributed by atoms with Crippen LogP contribution in [0.4, 0.5) is 0 Å². The highest BCUT2D eigenvalue weighted by molar-refractivity contribution is 7.11. The topological polar surface area (TPSA) is 82.5 Å². The summed E-state index contributed by atoms with van der Waals surface area (Å²) >= 11 is 1.57. The molecule has 2 rings (SSSR count). The third kappa shape index (κ3) is 3.05. The fourth-order valence-electron chi connectivity index (χ4n) is 2.02. The first-order valence-electron chi connectivity index (χ1n) is 5.71. The van der Waals surface area contributed by atoms with Gasteiger partial charge >= 0.3 is 5.97 Å². The van der Waals surface area contributed by atoms with Gasteiger partial charge in [0.1, 0.15) is 6.04 Å². The average Bonchev–Trinajstić information content (AvgIpc) is 2.69. The minimum atomic E-state index is -0.956. The standard InChI is InChI=1S/C11H15N3O3S/c1-7-13-5-8(18-7)6-14-3-2-12-11(17)9(14)4-10(15)16/h5,9H,2-4,6H2,1H3,(H,12,17)(H,15,16). The molecule has 0 aromatic carbocycles. The third-order valence-electron chi connectivity index (χ3n) is 2.84. The largest absolute Gasteiger partial charge is 0.481 e. The third-order valence-corrected chi connectivity index (χ3v) is 3.74. The van der Waals surface area contributed by atoms with Gasteiger partial charge in [-0.25, -0.2) is 4.98 Å². The van der Waals surface area contributed by atoms with Crippen LogP contribution < -0.4 is 5.32 Å². The maximum Gasteiger partial charge on any atom is 0.305 e. The summed E-state index contributed by atoms with van der Waals surface area (Å²) in [6.07, 6.45) is 1.62. The van der Waals surface area contributed by atoms with Crippen LogP contribution in [0.25, 0.3) is 0 Å². The number of aromatic nitrogens is 1. The lowest BCUT2D eigenvalue weighted by Gasteiger charge is -2.33. The fraction of sp³-hybridized carbons (Fsp3) is 0.545. The molecule has 1 amide bonds. The second-order valence-corrected chi connectivity index (χ2v) is 5.54. The number of nitrogens with zero attached hydrogens (tertiary/aromatic N) is 2. The van der Waals surface area contributed by atoms with E-state index in [2.05, 4.69) is 10.3 Å². The molecular formula is C11H15N3O3S. The van der Waals surface area contributed by atoms with Crippen molar-refractivity contribution < 1.29 is 14.7 Å². The number of aryl methyl sites for hydroxylation is 1. The van der Waals surface area contributed by atoms with Gasteiger partial charge in [0.25, 0.3) is 0 Å². The van der Waals surface area contributed by atoms with Crippen LogP contribution in [0.1, 0.15) is 16.3 Å². The highest BCUT2D eigenvalue weighted by Gasteiger charge is 2.31. The van der Waals surface area contributed by atoms with Crippen molar-refractivity contribution in [3.8, 4) is 0 Å². The summed E-state index contributed by atoms with van der Waals surface area (Å²) in [6.45, 7) is 3.73. The molecule has 18 heavy (non-hydrogen) atoms. The monoisotopic (exact) mass is 269 g/mol. The number of carbonyl (C=O) groups is 2. The first kappa shape index (κ1) is 13.0. The van der Waals surface area contributed by atoms with E-state index in [1.54, 1.807) is 17.5 Å². The number of rotatable bonds is 4. The summed E-state index contributed by atoms with van der Waals surface area (Å²) in [6, 6.07) is -0.585. The molecule has 0 saturated carbocycles. The lowest BCUT2D eigenvalue weighted by molar-refractivity contribution is -0.143. The molecule has 98 valence electrons. The second kappa shape index (κ2) is 5.45. The van der Waals surface area contributed by atoms with Gasteiger partial charge in [-0.3, -0.25) is 14.5 Å². The molecule has 1 aliphatic heterocycles. The normalized spacial score (nSPS) is 20.7. The van der Waals surface area contributed by atoms with E-state index in [1.165, 1.54) is 0 Å². The van der Waals surface area contributed by atoms with Gasteiger partial charge in [0, 0.05) is 30.7 Å². The van der Waals surface area contributed by atoms with Gasteiger partial charge < -0.3 is 10.4 Å². The number of thiazole rings is 1. The predicted octanol–water partition coefficient (Wildman–Crippen LogP) is 0.227. The lowest BCUT2D eigenvalue weighted by atomic mass is 10.1. The van der Waals surface area contributed by atoms with E-state index < -0.39 is 12.0 Å². The van der Waals surface area contributed by atoms with Crippen LogP contribution >= 0.6 is 11.3 Å². The van der Waals surface area contributed by atoms with Crippen LogP contribution in [0.15, 0.2) is 6.20 Å². The molecule has 6 nitrogen and oxygen atoms in total. The van der Waals surface area contributed by atoms with Gasteiger partial charge in [0.15, 0.2) is 0 Å². The Morgan fingerprint density at radius 2 is 2.50 bits per heavy atom. The fourth-order valence-corrected chi connectivity index (χ4v) is 2.84. The van der Waals surface area contributed by atoms with Crippen molar-refractivity contribution in [3.63, 3.8) is 0 Å². The minimum absolute atomic E-state index is 0.163. The molecule has 2 heterocycles. The lowest BCUT2D eigenvalue weighted by Crippen LogP contribution is -2.55. The molecular weight excluding hydrogens is 254 g/mol. The van der Waals surface area contributed by atoms with E-state index in [1.807, 2.05) is 11.8 Å². The molecule has 0 bridgehead atoms. The predicted molar refractivity (Wildman–Crippen MR) is 66.3 cm³/mol. The smallest absolute Gasteiger partial charge is 0.305 e. The summed E-state index contributed by atoms with van der Waals surface area (Å²) in [5.74, 6) is -1.16. The Bertz CT molecular complexity index is 460. The Labute approximate surface area is 109 Å². The summed E-state index contributed by atoms with van der Waals surface area (Å²) < 4.78 is 0. The van der Waals surface area contributed by atoms with Crippen molar-refractivity contribution in [1.29, 1.82) is 0 Å². The molecule has 1 aliphatic rings. The molecule has 0 radical (unpaired) electrons. The van der Waals surface area contributed by atoms with Gasteiger partial charge in [0.2, 0.25) is 5.91 Å². The Hall–Kier alpha value is -1.47. The van der Waals surface area contributed by atoms with Crippen LogP contribution in [-0.2, 0) is 16.1 Å². The first-order valence-corrected chi connectivity index (χ1v) is 6.53. The van der Waals surface area contributed by atoms with E-state index in [-0.39, 0.29) is 12.3 Å². The van der Waals surface area contributed by atoms with Crippen molar-refractivity contribution in [2.75, 3.05) is 13.1 Å². The first-order chi connectivity index (χ1) is 8.56. The quantitative estimate of drug-likeness (QED) is 0.817. The van der Waals surface area contributed by atoms with E-state index >= 15 is 0 Å². The average molecular weight is 269 g/mol. The number of carbonyl (C=O) groups excluding carboxylic acids is 1. The van der Waals surface area contributed by atoms with Crippen molar-refractivity contribution in [2.24, 2.45) is 0 Å². The molecule has 1 saturated heterocycles. The van der Waals surface area contributed by atoms with Gasteiger partial charge in [-0.05, 0) is 6.92 Å². The summed E-state index contributed by atoms with van der Waals surface area (Å²) in [4.78, 5) is 29.6. The highest BCUT2D eigenvalue weighted by Crippen LogP contribution is 2.18. The van der Waals surface area contributed by atoms with E-state index in [0.717, 1.165) is 9.88 Å². The Kier molecular flexibility index (Phi) is 3.93. The Morgan fingerprint density at radius 3 is 3.11 bits per heavy atom. The number of aliphatic carboxylic acids is 1. The second-order valence-electron chi connectivity index (χ2n) is 4.22. The minimum Gasteiger partial charge on any atom is -0.481 e. The van der Waals surface area contributed by atoms with Crippen LogP contribution in [0, 0.1) is 6.92 Å². The highest BCUT2D eigenvalue weighted by atomic mass is 32.1. The SMILES string of the molecule is Cc1ncc(CN2CCNC(=O)C2CC(=O)O)s1. The summed E-state index contributed by atoms with van der Waals surface area (Å²) in [7, 11) is 0. The van der Waals surface area contributed by atoms with Crippen molar-refractivity contribution >= 4 is 23.2 Å². The van der Waals surface area contributed by atoms with Crippen LogP contribution in [0.3, 0.4) is 0 Å². The molecule has 1 aromatic heterocycles. The zero-order chi connectivity index (χ0) is 13.1. The van der Waals surface area contributed by atoms with E-state index in [0.29, 0.717) is 19.6 Å². The molecule has 2 N–H and O–H groups in total. The number of nitrogens with one attached hydrogen (secondary N) is 1. The maximum atomic E-state index is 11.7. The zero-order valence-corrected chi connectivity index (χ0v) is 10.9. The molecule has 0 aliphatic carbocycles. The number of amides is 1. The summed E-state index contributed by atoms with van der Waals surface area (Å²) in [5, 5.41) is 12.5. The number of hydrogen-bond acceptors (Lipinski definition) is 5. The van der Waals surface area contributed by atoms with Crippen LogP contribution in [0.2, 0.25) is 0 Å². The van der Waals surface area contributed by atoms with E-state index in [9.17, 15) is 9.59 Å². The van der Waals surface area contributed by atoms with Crippen molar-refractivity contribution in [1.82, 2.24) is 15.2 Å². The zero-order valence-electron chi connectivity index (χ0n) is 10.0. The number of carboxylic acid groups (broad SMARTS) is 1. The van der Waals surface area contributed by atoms with Crippen LogP contribution in [-0.4, -0.2) is 46.0 Å². The summed E-state index contributed by atoms with van der Waals surface area (Å²) in [5.41, 5.74) is 0. The molecule has 7 heteroatoms. The van der Waals surface area contributed by atoms with Gasteiger partial charge in [0.05, 0.1) is 11.4 Å². The number of carboxylic acids is 1. The van der Waals surface area contributed by atoms with Crippen molar-refractivity contribution in [3.05, 3.63) is 16.1 Å². The van der Waals surface area contributed by atoms with Crippen molar-refractivity contribution in [2.45, 2.75) is 25.9 Å². The Balaban J connectivity index is 2.07. The maximum absolute atomic E-state index is 11.7.